The Morgan fingerprint density at radius 3 is 2.36 bits per heavy atom. The first-order valence-electron chi connectivity index (χ1n) is 19.8. The molecule has 300 valence electrons. The Bertz CT molecular complexity index is 1950. The van der Waals surface area contributed by atoms with Gasteiger partial charge in [0.15, 0.2) is 0 Å². The van der Waals surface area contributed by atoms with E-state index < -0.39 is 18.0 Å². The number of likely N-dealkylation sites (tertiary alicyclic amines) is 1. The minimum Gasteiger partial charge on any atom is -0.490 e. The van der Waals surface area contributed by atoms with Crippen LogP contribution in [0.2, 0.25) is 0 Å². The van der Waals surface area contributed by atoms with Crippen LogP contribution in [0.3, 0.4) is 0 Å². The van der Waals surface area contributed by atoms with Crippen LogP contribution in [-0.4, -0.2) is 87.3 Å². The third-order valence-electron chi connectivity index (χ3n) is 10.7. The zero-order valence-corrected chi connectivity index (χ0v) is 32.8. The number of benzene rings is 1. The van der Waals surface area contributed by atoms with Gasteiger partial charge in [0, 0.05) is 49.1 Å². The van der Waals surface area contributed by atoms with E-state index in [4.69, 9.17) is 9.72 Å². The van der Waals surface area contributed by atoms with Crippen molar-refractivity contribution in [1.82, 2.24) is 29.5 Å². The predicted octanol–water partition coefficient (Wildman–Crippen LogP) is 7.18. The molecule has 5 heterocycles. The minimum absolute atomic E-state index is 0.0620. The number of hydrogen-bond acceptors (Lipinski definition) is 9. The summed E-state index contributed by atoms with van der Waals surface area (Å²) in [7, 11) is 4.32. The summed E-state index contributed by atoms with van der Waals surface area (Å²) >= 11 is 0. The number of imidazole rings is 1. The first kappa shape index (κ1) is 40.7. The summed E-state index contributed by atoms with van der Waals surface area (Å²) in [5, 5.41) is 8.20. The Hall–Kier alpha value is -4.95. The number of fused-ring (bicyclic) bond motifs is 1. The Morgan fingerprint density at radius 2 is 1.70 bits per heavy atom. The van der Waals surface area contributed by atoms with Crippen molar-refractivity contribution in [2.75, 3.05) is 37.8 Å². The SMILES string of the molecule is CC(C)Oc1cc2nc(C3CCCCC3)cn2cc1C(=O)Nc1cccc(C(F)F)n1.CN(C)C1CCN(Cc2ccc(NC3CCC(=O)NC3=O)cc2)CC1. The summed E-state index contributed by atoms with van der Waals surface area (Å²) in [6.45, 7) is 6.99. The van der Waals surface area contributed by atoms with E-state index in [0.717, 1.165) is 43.9 Å². The zero-order chi connectivity index (χ0) is 39.8. The molecule has 7 rings (SSSR count). The van der Waals surface area contributed by atoms with Crippen molar-refractivity contribution in [2.45, 2.75) is 109 Å². The maximum absolute atomic E-state index is 13.0. The summed E-state index contributed by atoms with van der Waals surface area (Å²) in [5.41, 5.74) is 3.85. The van der Waals surface area contributed by atoms with Crippen molar-refractivity contribution >= 4 is 34.9 Å². The van der Waals surface area contributed by atoms with Crippen LogP contribution in [0.25, 0.3) is 5.65 Å². The lowest BCUT2D eigenvalue weighted by atomic mass is 9.87. The smallest absolute Gasteiger partial charge is 0.280 e. The number of carbonyl (C=O) groups excluding carboxylic acids is 3. The molecule has 1 atom stereocenters. The molecule has 1 aromatic carbocycles. The van der Waals surface area contributed by atoms with Gasteiger partial charge in [-0.2, -0.15) is 0 Å². The molecule has 3 N–H and O–H groups in total. The second-order valence-electron chi connectivity index (χ2n) is 15.5. The van der Waals surface area contributed by atoms with Crippen LogP contribution in [0.1, 0.15) is 111 Å². The van der Waals surface area contributed by atoms with Gasteiger partial charge in [0.05, 0.1) is 17.4 Å². The summed E-state index contributed by atoms with van der Waals surface area (Å²) in [6, 6.07) is 14.5. The maximum Gasteiger partial charge on any atom is 0.280 e. The van der Waals surface area contributed by atoms with Gasteiger partial charge in [-0.05, 0) is 103 Å². The molecule has 1 aliphatic carbocycles. The molecule has 0 spiro atoms. The first-order chi connectivity index (χ1) is 26.9. The van der Waals surface area contributed by atoms with Gasteiger partial charge in [-0.3, -0.25) is 24.6 Å². The molecule has 56 heavy (non-hydrogen) atoms. The average molecular weight is 773 g/mol. The lowest BCUT2D eigenvalue weighted by Crippen LogP contribution is -2.47. The number of carbonyl (C=O) groups is 3. The van der Waals surface area contributed by atoms with Gasteiger partial charge >= 0.3 is 0 Å². The van der Waals surface area contributed by atoms with E-state index in [1.807, 2.05) is 36.6 Å². The summed E-state index contributed by atoms with van der Waals surface area (Å²) in [5.74, 6) is -0.00989. The highest BCUT2D eigenvalue weighted by molar-refractivity contribution is 6.06. The fourth-order valence-electron chi connectivity index (χ4n) is 7.57. The Kier molecular flexibility index (Phi) is 13.7. The van der Waals surface area contributed by atoms with Crippen LogP contribution in [-0.2, 0) is 16.1 Å². The number of ether oxygens (including phenoxy) is 1. The molecule has 4 aromatic rings. The molecule has 2 saturated heterocycles. The van der Waals surface area contributed by atoms with Crippen LogP contribution in [0.4, 0.5) is 20.3 Å². The fourth-order valence-corrected chi connectivity index (χ4v) is 7.57. The number of imide groups is 1. The van der Waals surface area contributed by atoms with E-state index in [2.05, 4.69) is 57.0 Å². The van der Waals surface area contributed by atoms with Crippen molar-refractivity contribution in [3.63, 3.8) is 0 Å². The molecule has 14 heteroatoms. The van der Waals surface area contributed by atoms with Gasteiger partial charge in [0.25, 0.3) is 12.3 Å². The van der Waals surface area contributed by atoms with Crippen LogP contribution >= 0.6 is 0 Å². The molecule has 1 unspecified atom stereocenters. The standard InChI is InChI=1S/C23H26F2N4O2.C19H28N4O2/c1-14(2)31-19-11-21-27-18(15-7-4-3-5-8-15)13-29(21)12-16(19)23(30)28-20-10-6-9-17(26-20)22(24)25;1-22(2)16-9-11-23(12-10-16)13-14-3-5-15(6-4-14)20-17-7-8-18(24)21-19(17)25/h6,9-15,22H,3-5,7-8H2,1-2H3,(H,26,28,30);3-6,16-17,20H,7-13H2,1-2H3,(H,21,24,25). The zero-order valence-electron chi connectivity index (χ0n) is 32.8. The highest BCUT2D eigenvalue weighted by atomic mass is 19.3. The first-order valence-corrected chi connectivity index (χ1v) is 19.8. The minimum atomic E-state index is -2.71. The van der Waals surface area contributed by atoms with Crippen LogP contribution in [0.15, 0.2) is 60.9 Å². The normalized spacial score (nSPS) is 18.6. The molecule has 3 fully saturated rings. The lowest BCUT2D eigenvalue weighted by Gasteiger charge is -2.35. The van der Waals surface area contributed by atoms with Crippen molar-refractivity contribution in [3.05, 3.63) is 83.4 Å². The Balaban J connectivity index is 0.000000194. The number of amides is 3. The lowest BCUT2D eigenvalue weighted by molar-refractivity contribution is -0.133. The summed E-state index contributed by atoms with van der Waals surface area (Å²) in [6.07, 6.45) is 10.1. The third kappa shape index (κ3) is 10.9. The van der Waals surface area contributed by atoms with Crippen molar-refractivity contribution < 1.29 is 27.9 Å². The Morgan fingerprint density at radius 1 is 0.964 bits per heavy atom. The van der Waals surface area contributed by atoms with E-state index in [9.17, 15) is 23.2 Å². The van der Waals surface area contributed by atoms with E-state index in [1.54, 1.807) is 12.3 Å². The molecular formula is C42H54F2N8O4. The number of hydrogen-bond donors (Lipinski definition) is 3. The van der Waals surface area contributed by atoms with Crippen LogP contribution in [0.5, 0.6) is 5.75 Å². The molecule has 3 amide bonds. The molecule has 0 radical (unpaired) electrons. The number of aromatic nitrogens is 3. The van der Waals surface area contributed by atoms with Gasteiger partial charge < -0.3 is 24.7 Å². The monoisotopic (exact) mass is 772 g/mol. The molecule has 0 bridgehead atoms. The van der Waals surface area contributed by atoms with Gasteiger partial charge in [0.1, 0.15) is 29.0 Å². The van der Waals surface area contributed by atoms with Gasteiger partial charge in [-0.15, -0.1) is 0 Å². The third-order valence-corrected chi connectivity index (χ3v) is 10.7. The highest BCUT2D eigenvalue weighted by Gasteiger charge is 2.27. The number of pyridine rings is 2. The number of piperidine rings is 2. The number of nitrogens with one attached hydrogen (secondary N) is 3. The molecule has 1 saturated carbocycles. The topological polar surface area (TPSA) is 133 Å². The van der Waals surface area contributed by atoms with Crippen molar-refractivity contribution in [2.24, 2.45) is 0 Å². The number of alkyl halides is 2. The van der Waals surface area contributed by atoms with E-state index in [0.29, 0.717) is 36.2 Å². The maximum atomic E-state index is 13.0. The number of rotatable bonds is 11. The van der Waals surface area contributed by atoms with Crippen LogP contribution in [0, 0.1) is 0 Å². The average Bonchev–Trinajstić information content (AvgIpc) is 3.60. The number of anilines is 2. The Labute approximate surface area is 327 Å². The summed E-state index contributed by atoms with van der Waals surface area (Å²) in [4.78, 5) is 49.4. The second kappa shape index (κ2) is 18.8. The second-order valence-corrected chi connectivity index (χ2v) is 15.5. The van der Waals surface area contributed by atoms with E-state index in [-0.39, 0.29) is 35.3 Å². The van der Waals surface area contributed by atoms with Gasteiger partial charge in [-0.1, -0.05) is 37.5 Å². The molecule has 2 aliphatic heterocycles. The van der Waals surface area contributed by atoms with E-state index >= 15 is 0 Å². The molecule has 3 aliphatic rings. The molecule has 3 aromatic heterocycles. The van der Waals surface area contributed by atoms with Gasteiger partial charge in [-0.25, -0.2) is 18.7 Å². The highest BCUT2D eigenvalue weighted by Crippen LogP contribution is 2.33. The quantitative estimate of drug-likeness (QED) is 0.136. The summed E-state index contributed by atoms with van der Waals surface area (Å²) < 4.78 is 33.6. The van der Waals surface area contributed by atoms with E-state index in [1.165, 1.54) is 55.9 Å². The number of nitrogens with zero attached hydrogens (tertiary/aromatic N) is 5. The van der Waals surface area contributed by atoms with Crippen molar-refractivity contribution in [3.8, 4) is 5.75 Å². The van der Waals surface area contributed by atoms with Gasteiger partial charge in [0.2, 0.25) is 11.8 Å². The fraction of sp³-hybridized carbons (Fsp3) is 0.500. The molecular weight excluding hydrogens is 719 g/mol. The molecule has 12 nitrogen and oxygen atoms in total. The number of halogens is 2. The van der Waals surface area contributed by atoms with Crippen molar-refractivity contribution in [1.29, 1.82) is 0 Å². The largest absolute Gasteiger partial charge is 0.490 e. The predicted molar refractivity (Wildman–Crippen MR) is 212 cm³/mol. The van der Waals surface area contributed by atoms with Crippen LogP contribution < -0.4 is 20.7 Å².